The van der Waals surface area contributed by atoms with Gasteiger partial charge in [-0.1, -0.05) is 12.1 Å². The summed E-state index contributed by atoms with van der Waals surface area (Å²) in [4.78, 5) is 16.0. The Kier molecular flexibility index (Phi) is 4.77. The molecule has 0 saturated heterocycles. The lowest BCUT2D eigenvalue weighted by molar-refractivity contribution is 0.0963. The van der Waals surface area contributed by atoms with Gasteiger partial charge in [0.1, 0.15) is 11.6 Å². The Morgan fingerprint density at radius 3 is 2.86 bits per heavy atom. The first-order valence-corrected chi connectivity index (χ1v) is 6.70. The number of methoxy groups -OCH3 is 1. The molecule has 2 aromatic rings. The molecule has 0 saturated carbocycles. The van der Waals surface area contributed by atoms with Crippen molar-refractivity contribution in [1.82, 2.24) is 10.3 Å². The largest absolute Gasteiger partial charge is 0.496 e. The maximum atomic E-state index is 11.8. The molecule has 2 rings (SSSR count). The van der Waals surface area contributed by atoms with Crippen molar-refractivity contribution >= 4 is 11.7 Å². The minimum Gasteiger partial charge on any atom is -0.496 e. The quantitative estimate of drug-likeness (QED) is 0.885. The number of aromatic nitrogens is 1. The Bertz CT molecular complexity index is 641. The van der Waals surface area contributed by atoms with Crippen LogP contribution in [0.2, 0.25) is 0 Å². The van der Waals surface area contributed by atoms with Crippen LogP contribution in [0.15, 0.2) is 36.5 Å². The lowest BCUT2D eigenvalue weighted by Crippen LogP contribution is -2.20. The van der Waals surface area contributed by atoms with Gasteiger partial charge in [-0.05, 0) is 36.2 Å². The number of hydrogen-bond acceptors (Lipinski definition) is 4. The highest BCUT2D eigenvalue weighted by Crippen LogP contribution is 2.20. The molecular weight excluding hydrogens is 266 g/mol. The minimum atomic E-state index is -0.160. The van der Waals surface area contributed by atoms with Gasteiger partial charge in [-0.2, -0.15) is 0 Å². The number of benzene rings is 1. The van der Waals surface area contributed by atoms with Crippen LogP contribution in [0, 0.1) is 6.92 Å². The van der Waals surface area contributed by atoms with E-state index < -0.39 is 0 Å². The zero-order valence-electron chi connectivity index (χ0n) is 12.4. The van der Waals surface area contributed by atoms with Gasteiger partial charge in [-0.25, -0.2) is 4.98 Å². The van der Waals surface area contributed by atoms with E-state index in [0.29, 0.717) is 17.9 Å². The number of pyridine rings is 1. The van der Waals surface area contributed by atoms with Crippen LogP contribution in [-0.2, 0) is 6.54 Å². The first-order chi connectivity index (χ1) is 10.2. The first kappa shape index (κ1) is 14.8. The van der Waals surface area contributed by atoms with E-state index in [1.807, 2.05) is 25.1 Å². The molecule has 0 bridgehead atoms. The summed E-state index contributed by atoms with van der Waals surface area (Å²) < 4.78 is 5.31. The summed E-state index contributed by atoms with van der Waals surface area (Å²) in [5.74, 6) is 1.25. The van der Waals surface area contributed by atoms with Gasteiger partial charge < -0.3 is 15.4 Å². The number of hydrogen-bond donors (Lipinski definition) is 2. The molecule has 5 heteroatoms. The van der Waals surface area contributed by atoms with E-state index in [0.717, 1.165) is 16.9 Å². The van der Waals surface area contributed by atoms with Crippen molar-refractivity contribution in [3.63, 3.8) is 0 Å². The molecule has 0 fully saturated rings. The third-order valence-electron chi connectivity index (χ3n) is 3.21. The molecule has 0 spiro atoms. The average Bonchev–Trinajstić information content (AvgIpc) is 2.53. The number of amides is 1. The Balaban J connectivity index is 2.15. The zero-order chi connectivity index (χ0) is 15.2. The molecule has 1 aromatic heterocycles. The summed E-state index contributed by atoms with van der Waals surface area (Å²) in [7, 11) is 3.26. The highest BCUT2D eigenvalue weighted by atomic mass is 16.5. The molecule has 0 atom stereocenters. The molecule has 2 N–H and O–H groups in total. The Labute approximate surface area is 124 Å². The van der Waals surface area contributed by atoms with Gasteiger partial charge in [0.25, 0.3) is 5.91 Å². The van der Waals surface area contributed by atoms with E-state index in [4.69, 9.17) is 4.74 Å². The normalized spacial score (nSPS) is 10.0. The molecular formula is C16H19N3O2. The van der Waals surface area contributed by atoms with Gasteiger partial charge >= 0.3 is 0 Å². The zero-order valence-corrected chi connectivity index (χ0v) is 12.4. The summed E-state index contributed by atoms with van der Waals surface area (Å²) >= 11 is 0. The second-order valence-electron chi connectivity index (χ2n) is 4.64. The number of nitrogens with one attached hydrogen (secondary N) is 2. The van der Waals surface area contributed by atoms with Gasteiger partial charge in [0.05, 0.1) is 12.7 Å². The standard InChI is InChI=1S/C16H19N3O2/c1-11-6-7-12(9-14(11)21-3)10-19-15-13(16(20)17-2)5-4-8-18-15/h4-9H,10H2,1-3H3,(H,17,20)(H,18,19). The Morgan fingerprint density at radius 1 is 1.33 bits per heavy atom. The number of carbonyl (C=O) groups excluding carboxylic acids is 1. The van der Waals surface area contributed by atoms with E-state index in [1.165, 1.54) is 0 Å². The second kappa shape index (κ2) is 6.74. The maximum absolute atomic E-state index is 11.8. The van der Waals surface area contributed by atoms with E-state index >= 15 is 0 Å². The van der Waals surface area contributed by atoms with E-state index in [9.17, 15) is 4.79 Å². The smallest absolute Gasteiger partial charge is 0.254 e. The fraction of sp³-hybridized carbons (Fsp3) is 0.250. The van der Waals surface area contributed by atoms with Crippen LogP contribution in [0.5, 0.6) is 5.75 Å². The Morgan fingerprint density at radius 2 is 2.14 bits per heavy atom. The molecule has 0 aliphatic rings. The number of anilines is 1. The van der Waals surface area contributed by atoms with Gasteiger partial charge in [0.2, 0.25) is 0 Å². The average molecular weight is 285 g/mol. The van der Waals surface area contributed by atoms with Crippen LogP contribution in [0.4, 0.5) is 5.82 Å². The summed E-state index contributed by atoms with van der Waals surface area (Å²) in [6.45, 7) is 2.57. The predicted octanol–water partition coefficient (Wildman–Crippen LogP) is 2.37. The molecule has 5 nitrogen and oxygen atoms in total. The molecule has 110 valence electrons. The molecule has 0 aliphatic heterocycles. The predicted molar refractivity (Wildman–Crippen MR) is 82.7 cm³/mol. The SMILES string of the molecule is CNC(=O)c1cccnc1NCc1ccc(C)c(OC)c1. The van der Waals surface area contributed by atoms with Crippen molar-refractivity contribution in [3.8, 4) is 5.75 Å². The Hall–Kier alpha value is -2.56. The van der Waals surface area contributed by atoms with E-state index in [1.54, 1.807) is 32.5 Å². The number of ether oxygens (including phenoxy) is 1. The van der Waals surface area contributed by atoms with Crippen molar-refractivity contribution < 1.29 is 9.53 Å². The maximum Gasteiger partial charge on any atom is 0.254 e. The molecule has 0 unspecified atom stereocenters. The van der Waals surface area contributed by atoms with Crippen molar-refractivity contribution in [1.29, 1.82) is 0 Å². The van der Waals surface area contributed by atoms with Crippen LogP contribution in [0.25, 0.3) is 0 Å². The highest BCUT2D eigenvalue weighted by Gasteiger charge is 2.10. The molecule has 0 radical (unpaired) electrons. The molecule has 0 aliphatic carbocycles. The third-order valence-corrected chi connectivity index (χ3v) is 3.21. The lowest BCUT2D eigenvalue weighted by atomic mass is 10.1. The molecule has 1 amide bonds. The summed E-state index contributed by atoms with van der Waals surface area (Å²) in [6.07, 6.45) is 1.66. The molecule has 21 heavy (non-hydrogen) atoms. The highest BCUT2D eigenvalue weighted by molar-refractivity contribution is 5.98. The van der Waals surface area contributed by atoms with E-state index in [-0.39, 0.29) is 5.91 Å². The number of rotatable bonds is 5. The van der Waals surface area contributed by atoms with Crippen molar-refractivity contribution in [2.75, 3.05) is 19.5 Å². The van der Waals surface area contributed by atoms with Gasteiger partial charge in [0, 0.05) is 19.8 Å². The number of aryl methyl sites for hydroxylation is 1. The third kappa shape index (κ3) is 3.51. The van der Waals surface area contributed by atoms with E-state index in [2.05, 4.69) is 15.6 Å². The van der Waals surface area contributed by atoms with Gasteiger partial charge in [-0.3, -0.25) is 4.79 Å². The number of nitrogens with zero attached hydrogens (tertiary/aromatic N) is 1. The minimum absolute atomic E-state index is 0.160. The van der Waals surface area contributed by atoms with Gasteiger partial charge in [0.15, 0.2) is 0 Å². The first-order valence-electron chi connectivity index (χ1n) is 6.70. The fourth-order valence-corrected chi connectivity index (χ4v) is 2.02. The van der Waals surface area contributed by atoms with Crippen molar-refractivity contribution in [2.45, 2.75) is 13.5 Å². The molecule has 1 heterocycles. The van der Waals surface area contributed by atoms with Crippen LogP contribution < -0.4 is 15.4 Å². The molecule has 1 aromatic carbocycles. The topological polar surface area (TPSA) is 63.2 Å². The van der Waals surface area contributed by atoms with Gasteiger partial charge in [-0.15, -0.1) is 0 Å². The fourth-order valence-electron chi connectivity index (χ4n) is 2.02. The van der Waals surface area contributed by atoms with Crippen LogP contribution >= 0.6 is 0 Å². The van der Waals surface area contributed by atoms with Crippen LogP contribution in [0.3, 0.4) is 0 Å². The van der Waals surface area contributed by atoms with Crippen molar-refractivity contribution in [2.24, 2.45) is 0 Å². The summed E-state index contributed by atoms with van der Waals surface area (Å²) in [6, 6.07) is 9.49. The summed E-state index contributed by atoms with van der Waals surface area (Å²) in [5.41, 5.74) is 2.68. The van der Waals surface area contributed by atoms with Crippen molar-refractivity contribution in [3.05, 3.63) is 53.2 Å². The monoisotopic (exact) mass is 285 g/mol. The van der Waals surface area contributed by atoms with Crippen LogP contribution in [-0.4, -0.2) is 25.0 Å². The number of carbonyl (C=O) groups is 1. The lowest BCUT2D eigenvalue weighted by Gasteiger charge is -2.11. The van der Waals surface area contributed by atoms with Crippen LogP contribution in [0.1, 0.15) is 21.5 Å². The summed E-state index contributed by atoms with van der Waals surface area (Å²) in [5, 5.41) is 5.79. The second-order valence-corrected chi connectivity index (χ2v) is 4.64.